The van der Waals surface area contributed by atoms with Crippen molar-refractivity contribution < 1.29 is 14.3 Å². The number of amides is 1. The lowest BCUT2D eigenvalue weighted by atomic mass is 9.99. The Kier molecular flexibility index (Phi) is 4.08. The summed E-state index contributed by atoms with van der Waals surface area (Å²) in [4.78, 5) is 27.2. The van der Waals surface area contributed by atoms with Crippen molar-refractivity contribution in [3.05, 3.63) is 48.0 Å². The number of fused-ring (bicyclic) bond motifs is 1. The van der Waals surface area contributed by atoms with Gasteiger partial charge in [-0.1, -0.05) is 50.2 Å². The Morgan fingerprint density at radius 3 is 2.54 bits per heavy atom. The summed E-state index contributed by atoms with van der Waals surface area (Å²) >= 11 is 0. The second-order valence-electron chi connectivity index (χ2n) is 7.22. The van der Waals surface area contributed by atoms with Crippen molar-refractivity contribution in [3.8, 4) is 0 Å². The number of carbonyl (C=O) groups excluding carboxylic acids is 2. The van der Waals surface area contributed by atoms with Gasteiger partial charge in [-0.15, -0.1) is 0 Å². The van der Waals surface area contributed by atoms with Gasteiger partial charge in [0.05, 0.1) is 0 Å². The van der Waals surface area contributed by atoms with Gasteiger partial charge >= 0.3 is 5.97 Å². The van der Waals surface area contributed by atoms with E-state index in [1.165, 1.54) is 0 Å². The molecule has 0 N–H and O–H groups in total. The van der Waals surface area contributed by atoms with Gasteiger partial charge in [0.2, 0.25) is 0 Å². The highest BCUT2D eigenvalue weighted by Gasteiger charge is 2.50. The molecule has 0 saturated carbocycles. The van der Waals surface area contributed by atoms with Gasteiger partial charge in [-0.3, -0.25) is 9.69 Å². The normalized spacial score (nSPS) is 19.8. The fraction of sp³-hybridized carbons (Fsp3) is 0.400. The van der Waals surface area contributed by atoms with Gasteiger partial charge in [-0.2, -0.15) is 0 Å². The summed E-state index contributed by atoms with van der Waals surface area (Å²) < 4.78 is 5.50. The van der Waals surface area contributed by atoms with Crippen LogP contribution in [0.1, 0.15) is 44.5 Å². The molecule has 1 amide bonds. The van der Waals surface area contributed by atoms with Gasteiger partial charge in [0.15, 0.2) is 5.72 Å². The van der Waals surface area contributed by atoms with Crippen LogP contribution in [0.25, 0.3) is 10.8 Å². The van der Waals surface area contributed by atoms with E-state index in [1.54, 1.807) is 18.7 Å². The van der Waals surface area contributed by atoms with Crippen molar-refractivity contribution >= 4 is 22.6 Å². The summed E-state index contributed by atoms with van der Waals surface area (Å²) in [6.45, 7) is 7.63. The van der Waals surface area contributed by atoms with Crippen LogP contribution in [0.3, 0.4) is 0 Å². The maximum Gasteiger partial charge on any atom is 0.331 e. The van der Waals surface area contributed by atoms with E-state index >= 15 is 0 Å². The highest BCUT2D eigenvalue weighted by atomic mass is 16.6. The lowest BCUT2D eigenvalue weighted by Gasteiger charge is -2.32. The second-order valence-corrected chi connectivity index (χ2v) is 7.22. The molecule has 0 aliphatic carbocycles. The third-order valence-corrected chi connectivity index (χ3v) is 4.45. The summed E-state index contributed by atoms with van der Waals surface area (Å²) in [5.74, 6) is -0.185. The van der Waals surface area contributed by atoms with Crippen LogP contribution in [-0.4, -0.2) is 28.5 Å². The summed E-state index contributed by atoms with van der Waals surface area (Å²) in [7, 11) is 0. The molecule has 0 spiro atoms. The first-order valence-electron chi connectivity index (χ1n) is 8.35. The molecular formula is C20H23NO3. The van der Waals surface area contributed by atoms with Crippen molar-refractivity contribution in [1.29, 1.82) is 0 Å². The molecular weight excluding hydrogens is 302 g/mol. The molecule has 1 aliphatic rings. The van der Waals surface area contributed by atoms with E-state index in [2.05, 4.69) is 0 Å². The van der Waals surface area contributed by atoms with Crippen LogP contribution in [0.15, 0.2) is 42.5 Å². The van der Waals surface area contributed by atoms with Crippen LogP contribution in [0.2, 0.25) is 0 Å². The molecule has 1 fully saturated rings. The zero-order valence-corrected chi connectivity index (χ0v) is 14.6. The van der Waals surface area contributed by atoms with Crippen molar-refractivity contribution in [3.63, 3.8) is 0 Å². The second kappa shape index (κ2) is 5.93. The van der Waals surface area contributed by atoms with Gasteiger partial charge in [-0.05, 0) is 43.0 Å². The van der Waals surface area contributed by atoms with Crippen LogP contribution in [0, 0.1) is 5.92 Å². The minimum Gasteiger partial charge on any atom is -0.438 e. The summed E-state index contributed by atoms with van der Waals surface area (Å²) in [6, 6.07) is 12.9. The summed E-state index contributed by atoms with van der Waals surface area (Å²) in [5, 5.41) is 1.90. The topological polar surface area (TPSA) is 46.6 Å². The minimum absolute atomic E-state index is 0.159. The van der Waals surface area contributed by atoms with E-state index in [-0.39, 0.29) is 11.9 Å². The first-order chi connectivity index (χ1) is 11.3. The molecule has 0 bridgehead atoms. The first kappa shape index (κ1) is 16.5. The lowest BCUT2D eigenvalue weighted by molar-refractivity contribution is -0.148. The van der Waals surface area contributed by atoms with E-state index in [1.807, 2.05) is 56.3 Å². The smallest absolute Gasteiger partial charge is 0.331 e. The molecule has 1 aliphatic heterocycles. The quantitative estimate of drug-likeness (QED) is 0.802. The molecule has 4 heteroatoms. The molecule has 0 radical (unpaired) electrons. The molecule has 1 atom stereocenters. The molecule has 4 nitrogen and oxygen atoms in total. The Morgan fingerprint density at radius 1 is 1.17 bits per heavy atom. The summed E-state index contributed by atoms with van der Waals surface area (Å²) in [5.41, 5.74) is -0.335. The predicted octanol–water partition coefficient (Wildman–Crippen LogP) is 3.99. The average molecular weight is 325 g/mol. The Morgan fingerprint density at radius 2 is 1.83 bits per heavy atom. The number of carbonyl (C=O) groups is 2. The van der Waals surface area contributed by atoms with Crippen LogP contribution in [-0.2, 0) is 9.53 Å². The molecule has 1 heterocycles. The predicted molar refractivity (Wildman–Crippen MR) is 93.5 cm³/mol. The lowest BCUT2D eigenvalue weighted by Crippen LogP contribution is -2.48. The van der Waals surface area contributed by atoms with Crippen molar-refractivity contribution in [2.24, 2.45) is 5.92 Å². The summed E-state index contributed by atoms with van der Waals surface area (Å²) in [6.07, 6.45) is 0.596. The van der Waals surface area contributed by atoms with Gasteiger partial charge in [-0.25, -0.2) is 4.79 Å². The Bertz CT molecular complexity index is 789. The van der Waals surface area contributed by atoms with Crippen LogP contribution < -0.4 is 0 Å². The number of cyclic esters (lactones) is 1. The molecule has 0 aromatic heterocycles. The fourth-order valence-corrected chi connectivity index (χ4v) is 3.42. The maximum absolute atomic E-state index is 13.3. The number of hydrogen-bond acceptors (Lipinski definition) is 3. The number of esters is 1. The van der Waals surface area contributed by atoms with Crippen molar-refractivity contribution in [2.75, 3.05) is 0 Å². The molecule has 3 rings (SSSR count). The van der Waals surface area contributed by atoms with Crippen LogP contribution >= 0.6 is 0 Å². The maximum atomic E-state index is 13.3. The zero-order chi connectivity index (χ0) is 17.5. The number of hydrogen-bond donors (Lipinski definition) is 0. The molecule has 2 aromatic rings. The standard InChI is InChI=1S/C20H23NO3/c1-13(2)12-17-19(23)24-20(3,4)21(17)18(22)16-11-7-9-14-8-5-6-10-15(14)16/h5-11,13,17H,12H2,1-4H3/t17-/m0/s1. The number of ether oxygens (including phenoxy) is 1. The molecule has 24 heavy (non-hydrogen) atoms. The largest absolute Gasteiger partial charge is 0.438 e. The van der Waals surface area contributed by atoms with E-state index in [9.17, 15) is 9.59 Å². The molecule has 1 saturated heterocycles. The van der Waals surface area contributed by atoms with Crippen LogP contribution in [0.4, 0.5) is 0 Å². The monoisotopic (exact) mass is 325 g/mol. The van der Waals surface area contributed by atoms with Crippen molar-refractivity contribution in [2.45, 2.75) is 45.9 Å². The van der Waals surface area contributed by atoms with Crippen molar-refractivity contribution in [1.82, 2.24) is 4.90 Å². The highest BCUT2D eigenvalue weighted by Crippen LogP contribution is 2.34. The van der Waals surface area contributed by atoms with Gasteiger partial charge in [0.25, 0.3) is 5.91 Å². The molecule has 2 aromatic carbocycles. The Balaban J connectivity index is 2.07. The Labute approximate surface area is 142 Å². The van der Waals surface area contributed by atoms with E-state index in [0.29, 0.717) is 17.9 Å². The number of benzene rings is 2. The number of nitrogens with zero attached hydrogens (tertiary/aromatic N) is 1. The van der Waals surface area contributed by atoms with E-state index < -0.39 is 11.8 Å². The average Bonchev–Trinajstić information content (AvgIpc) is 2.74. The van der Waals surface area contributed by atoms with E-state index in [4.69, 9.17) is 4.74 Å². The SMILES string of the molecule is CC(C)C[C@H]1C(=O)OC(C)(C)N1C(=O)c1cccc2ccccc12. The zero-order valence-electron chi connectivity index (χ0n) is 14.6. The fourth-order valence-electron chi connectivity index (χ4n) is 3.42. The third-order valence-electron chi connectivity index (χ3n) is 4.45. The highest BCUT2D eigenvalue weighted by molar-refractivity contribution is 6.08. The van der Waals surface area contributed by atoms with Gasteiger partial charge in [0, 0.05) is 5.56 Å². The first-order valence-corrected chi connectivity index (χ1v) is 8.35. The Hall–Kier alpha value is -2.36. The van der Waals surface area contributed by atoms with Crippen LogP contribution in [0.5, 0.6) is 0 Å². The molecule has 0 unspecified atom stereocenters. The van der Waals surface area contributed by atoms with Gasteiger partial charge in [0.1, 0.15) is 6.04 Å². The molecule has 126 valence electrons. The van der Waals surface area contributed by atoms with E-state index in [0.717, 1.165) is 10.8 Å². The third kappa shape index (κ3) is 2.77. The van der Waals surface area contributed by atoms with Gasteiger partial charge < -0.3 is 4.74 Å². The number of rotatable bonds is 3. The minimum atomic E-state index is -0.940.